The molecule has 27 heavy (non-hydrogen) atoms. The minimum absolute atomic E-state index is 0.0947. The van der Waals surface area contributed by atoms with E-state index in [1.54, 1.807) is 0 Å². The molecule has 0 aliphatic carbocycles. The Hall–Kier alpha value is -2.58. The Kier molecular flexibility index (Phi) is 5.00. The zero-order valence-corrected chi connectivity index (χ0v) is 16.4. The topological polar surface area (TPSA) is 79.8 Å². The number of hydrogen-bond donors (Lipinski definition) is 2. The molecule has 2 heterocycles. The number of para-hydroxylation sites is 1. The smallest absolute Gasteiger partial charge is 0.234 e. The maximum atomic E-state index is 12.3. The van der Waals surface area contributed by atoms with Crippen LogP contribution < -0.4 is 10.6 Å². The molecule has 4 rings (SSSR count). The van der Waals surface area contributed by atoms with E-state index in [1.807, 2.05) is 56.3 Å². The summed E-state index contributed by atoms with van der Waals surface area (Å²) in [6, 6.07) is 14.0. The van der Waals surface area contributed by atoms with Crippen molar-refractivity contribution in [3.63, 3.8) is 0 Å². The van der Waals surface area contributed by atoms with Gasteiger partial charge in [0.2, 0.25) is 11.1 Å². The molecule has 0 saturated carbocycles. The van der Waals surface area contributed by atoms with Gasteiger partial charge in [-0.15, -0.1) is 10.2 Å². The highest BCUT2D eigenvalue weighted by Gasteiger charge is 2.19. The maximum absolute atomic E-state index is 12.3. The van der Waals surface area contributed by atoms with Crippen molar-refractivity contribution in [3.05, 3.63) is 53.6 Å². The molecule has 0 radical (unpaired) electrons. The van der Waals surface area contributed by atoms with Crippen LogP contribution in [0.1, 0.15) is 11.1 Å². The minimum atomic E-state index is -0.0947. The summed E-state index contributed by atoms with van der Waals surface area (Å²) >= 11 is 2.80. The van der Waals surface area contributed by atoms with Gasteiger partial charge in [-0.1, -0.05) is 47.8 Å². The number of carbonyl (C=O) groups is 1. The first-order chi connectivity index (χ1) is 13.1. The van der Waals surface area contributed by atoms with Crippen LogP contribution in [0.25, 0.3) is 0 Å². The number of nitrogens with one attached hydrogen (secondary N) is 2. The van der Waals surface area contributed by atoms with Crippen LogP contribution in [0.4, 0.5) is 17.2 Å². The molecule has 0 fully saturated rings. The molecule has 1 amide bonds. The number of aryl methyl sites for hydroxylation is 2. The molecule has 0 bridgehead atoms. The van der Waals surface area contributed by atoms with Crippen molar-refractivity contribution in [3.8, 4) is 0 Å². The summed E-state index contributed by atoms with van der Waals surface area (Å²) in [5.74, 6) is 0.797. The summed E-state index contributed by atoms with van der Waals surface area (Å²) < 4.78 is 0. The third-order valence-electron chi connectivity index (χ3n) is 3.98. The summed E-state index contributed by atoms with van der Waals surface area (Å²) in [5, 5.41) is 15.8. The van der Waals surface area contributed by atoms with Crippen molar-refractivity contribution in [2.75, 3.05) is 16.4 Å². The van der Waals surface area contributed by atoms with E-state index in [2.05, 4.69) is 25.8 Å². The molecule has 1 aliphatic heterocycles. The van der Waals surface area contributed by atoms with Crippen LogP contribution in [0.15, 0.2) is 57.5 Å². The second-order valence-electron chi connectivity index (χ2n) is 6.13. The lowest BCUT2D eigenvalue weighted by Crippen LogP contribution is -2.15. The highest BCUT2D eigenvalue weighted by molar-refractivity contribution is 8.00. The van der Waals surface area contributed by atoms with E-state index in [-0.39, 0.29) is 11.7 Å². The summed E-state index contributed by atoms with van der Waals surface area (Å²) in [4.78, 5) is 17.9. The molecular formula is C19H17N5OS2. The van der Waals surface area contributed by atoms with Gasteiger partial charge in [0.05, 0.1) is 11.4 Å². The van der Waals surface area contributed by atoms with Gasteiger partial charge in [0, 0.05) is 10.6 Å². The van der Waals surface area contributed by atoms with Gasteiger partial charge in [0.25, 0.3) is 0 Å². The molecule has 2 N–H and O–H groups in total. The number of thioether (sulfide) groups is 1. The average molecular weight is 396 g/mol. The zero-order valence-electron chi connectivity index (χ0n) is 14.8. The van der Waals surface area contributed by atoms with Crippen molar-refractivity contribution in [2.45, 2.75) is 28.9 Å². The third kappa shape index (κ3) is 4.06. The van der Waals surface area contributed by atoms with Gasteiger partial charge in [-0.05, 0) is 43.2 Å². The van der Waals surface area contributed by atoms with Crippen LogP contribution >= 0.6 is 23.5 Å². The highest BCUT2D eigenvalue weighted by Crippen LogP contribution is 2.41. The first-order valence-corrected chi connectivity index (χ1v) is 10.2. The van der Waals surface area contributed by atoms with Crippen molar-refractivity contribution in [1.29, 1.82) is 0 Å². The fraction of sp³-hybridized carbons (Fsp3) is 0.158. The molecule has 8 heteroatoms. The van der Waals surface area contributed by atoms with Crippen molar-refractivity contribution in [1.82, 2.24) is 15.2 Å². The third-order valence-corrected chi connectivity index (χ3v) is 5.86. The normalized spacial score (nSPS) is 11.9. The van der Waals surface area contributed by atoms with E-state index in [0.717, 1.165) is 32.4 Å². The van der Waals surface area contributed by atoms with Gasteiger partial charge in [-0.25, -0.2) is 4.98 Å². The first kappa shape index (κ1) is 17.8. The van der Waals surface area contributed by atoms with E-state index < -0.39 is 0 Å². The van der Waals surface area contributed by atoms with Gasteiger partial charge in [0.1, 0.15) is 0 Å². The number of amides is 1. The maximum Gasteiger partial charge on any atom is 0.234 e. The lowest BCUT2D eigenvalue weighted by atomic mass is 10.1. The monoisotopic (exact) mass is 395 g/mol. The van der Waals surface area contributed by atoms with Crippen molar-refractivity contribution < 1.29 is 4.79 Å². The Bertz CT molecular complexity index is 1020. The van der Waals surface area contributed by atoms with Crippen LogP contribution in [0, 0.1) is 13.8 Å². The fourth-order valence-electron chi connectivity index (χ4n) is 2.59. The standard InChI is InChI=1S/C19H17N5OS2/c1-11-7-8-12(2)14(9-11)20-16(25)10-26-19-22-17-18(23-24-19)27-15-6-4-3-5-13(15)21-17/h3-9H,10H2,1-2H3,(H,20,25)(H,21,22,24). The number of carbonyl (C=O) groups excluding carboxylic acids is 1. The van der Waals surface area contributed by atoms with Crippen LogP contribution in [0.5, 0.6) is 0 Å². The molecular weight excluding hydrogens is 378 g/mol. The zero-order chi connectivity index (χ0) is 18.8. The lowest BCUT2D eigenvalue weighted by molar-refractivity contribution is -0.113. The SMILES string of the molecule is Cc1ccc(C)c(NC(=O)CSc2nnc3c(n2)Nc2ccccc2S3)c1. The first-order valence-electron chi connectivity index (χ1n) is 8.37. The Labute approximate surface area is 165 Å². The van der Waals surface area contributed by atoms with E-state index in [0.29, 0.717) is 11.0 Å². The number of aromatic nitrogens is 3. The van der Waals surface area contributed by atoms with Gasteiger partial charge >= 0.3 is 0 Å². The quantitative estimate of drug-likeness (QED) is 0.495. The second kappa shape index (κ2) is 7.58. The van der Waals surface area contributed by atoms with Crippen LogP contribution in [0.2, 0.25) is 0 Å². The van der Waals surface area contributed by atoms with Crippen molar-refractivity contribution >= 4 is 46.6 Å². The molecule has 1 aliphatic rings. The fourth-order valence-corrected chi connectivity index (χ4v) is 4.04. The number of anilines is 3. The number of nitrogens with zero attached hydrogens (tertiary/aromatic N) is 3. The Balaban J connectivity index is 1.41. The molecule has 2 aromatic carbocycles. The Morgan fingerprint density at radius 1 is 1.19 bits per heavy atom. The van der Waals surface area contributed by atoms with Gasteiger partial charge in [-0.3, -0.25) is 4.79 Å². The van der Waals surface area contributed by atoms with Crippen LogP contribution in [0.3, 0.4) is 0 Å². The second-order valence-corrected chi connectivity index (χ2v) is 8.10. The van der Waals surface area contributed by atoms with Gasteiger partial charge in [0.15, 0.2) is 10.8 Å². The molecule has 0 atom stereocenters. The molecule has 3 aromatic rings. The molecule has 6 nitrogen and oxygen atoms in total. The lowest BCUT2D eigenvalue weighted by Gasteiger charge is -2.18. The molecule has 0 unspecified atom stereocenters. The molecule has 136 valence electrons. The molecule has 0 saturated heterocycles. The van der Waals surface area contributed by atoms with Crippen LogP contribution in [-0.2, 0) is 4.79 Å². The number of benzene rings is 2. The Morgan fingerprint density at radius 3 is 2.93 bits per heavy atom. The highest BCUT2D eigenvalue weighted by atomic mass is 32.2. The Morgan fingerprint density at radius 2 is 2.04 bits per heavy atom. The van der Waals surface area contributed by atoms with E-state index in [1.165, 1.54) is 23.5 Å². The number of hydrogen-bond acceptors (Lipinski definition) is 7. The molecule has 0 spiro atoms. The average Bonchev–Trinajstić information content (AvgIpc) is 2.67. The number of fused-ring (bicyclic) bond motifs is 2. The predicted octanol–water partition coefficient (Wildman–Crippen LogP) is 4.43. The molecule has 1 aromatic heterocycles. The van der Waals surface area contributed by atoms with Crippen LogP contribution in [-0.4, -0.2) is 26.8 Å². The summed E-state index contributed by atoms with van der Waals surface area (Å²) in [7, 11) is 0. The summed E-state index contributed by atoms with van der Waals surface area (Å²) in [6.07, 6.45) is 0. The van der Waals surface area contributed by atoms with E-state index in [9.17, 15) is 4.79 Å². The summed E-state index contributed by atoms with van der Waals surface area (Å²) in [5.41, 5.74) is 3.97. The minimum Gasteiger partial charge on any atom is -0.337 e. The van der Waals surface area contributed by atoms with Gasteiger partial charge in [-0.2, -0.15) is 0 Å². The van der Waals surface area contributed by atoms with Gasteiger partial charge < -0.3 is 10.6 Å². The predicted molar refractivity (Wildman–Crippen MR) is 109 cm³/mol. The van der Waals surface area contributed by atoms with E-state index >= 15 is 0 Å². The van der Waals surface area contributed by atoms with Crippen molar-refractivity contribution in [2.24, 2.45) is 0 Å². The largest absolute Gasteiger partial charge is 0.337 e. The summed E-state index contributed by atoms with van der Waals surface area (Å²) in [6.45, 7) is 3.97. The number of rotatable bonds is 4. The van der Waals surface area contributed by atoms with E-state index in [4.69, 9.17) is 0 Å².